The molecule has 0 N–H and O–H groups in total. The molecule has 1 unspecified atom stereocenters. The minimum absolute atomic E-state index is 0.585. The number of hydrogen-bond acceptors (Lipinski definition) is 1. The lowest BCUT2D eigenvalue weighted by atomic mass is 10.1. The van der Waals surface area contributed by atoms with E-state index in [1.807, 2.05) is 0 Å². The van der Waals surface area contributed by atoms with Crippen molar-refractivity contribution in [2.45, 2.75) is 57.5 Å². The summed E-state index contributed by atoms with van der Waals surface area (Å²) in [6.45, 7) is 3.71. The normalized spacial score (nSPS) is 32.1. The molecule has 0 spiro atoms. The van der Waals surface area contributed by atoms with Crippen LogP contribution >= 0.6 is 0 Å². The van der Waals surface area contributed by atoms with Crippen LogP contribution in [-0.4, -0.2) is 30.7 Å². The molecule has 0 bridgehead atoms. The van der Waals surface area contributed by atoms with Crippen molar-refractivity contribution in [1.82, 2.24) is 10.2 Å². The van der Waals surface area contributed by atoms with Crippen LogP contribution in [0.1, 0.15) is 51.4 Å². The van der Waals surface area contributed by atoms with E-state index in [1.165, 1.54) is 64.5 Å². The van der Waals surface area contributed by atoms with E-state index in [4.69, 9.17) is 5.32 Å². The summed E-state index contributed by atoms with van der Waals surface area (Å²) in [5.74, 6) is 0. The summed E-state index contributed by atoms with van der Waals surface area (Å²) in [4.78, 5) is 2.64. The van der Waals surface area contributed by atoms with E-state index in [1.54, 1.807) is 0 Å². The van der Waals surface area contributed by atoms with Crippen molar-refractivity contribution in [2.24, 2.45) is 0 Å². The van der Waals surface area contributed by atoms with Gasteiger partial charge in [-0.25, -0.2) is 5.32 Å². The highest BCUT2D eigenvalue weighted by molar-refractivity contribution is 4.74. The van der Waals surface area contributed by atoms with Gasteiger partial charge < -0.3 is 0 Å². The quantitative estimate of drug-likeness (QED) is 0.628. The summed E-state index contributed by atoms with van der Waals surface area (Å²) < 4.78 is 0. The molecule has 2 aliphatic rings. The van der Waals surface area contributed by atoms with Gasteiger partial charge in [-0.05, 0) is 45.2 Å². The Hall–Kier alpha value is -0.0800. The second-order valence-corrected chi connectivity index (χ2v) is 4.69. The fraction of sp³-hybridized carbons (Fsp3) is 1.00. The van der Waals surface area contributed by atoms with E-state index in [9.17, 15) is 0 Å². The molecule has 0 amide bonds. The van der Waals surface area contributed by atoms with E-state index in [0.717, 1.165) is 6.54 Å². The Morgan fingerprint density at radius 1 is 0.786 bits per heavy atom. The van der Waals surface area contributed by atoms with Gasteiger partial charge in [0.05, 0.1) is 6.17 Å². The smallest absolute Gasteiger partial charge is 0.0760 e. The lowest BCUT2D eigenvalue weighted by molar-refractivity contribution is 0.123. The van der Waals surface area contributed by atoms with Crippen molar-refractivity contribution in [3.8, 4) is 0 Å². The lowest BCUT2D eigenvalue weighted by Crippen LogP contribution is -2.45. The zero-order valence-corrected chi connectivity index (χ0v) is 9.25. The molecule has 1 atom stereocenters. The predicted molar refractivity (Wildman–Crippen MR) is 59.3 cm³/mol. The molecule has 2 nitrogen and oxygen atoms in total. The van der Waals surface area contributed by atoms with Crippen LogP contribution in [-0.2, 0) is 0 Å². The molecule has 14 heavy (non-hydrogen) atoms. The molecule has 2 saturated heterocycles. The fourth-order valence-electron chi connectivity index (χ4n) is 2.64. The first-order chi connectivity index (χ1) is 6.97. The zero-order valence-electron chi connectivity index (χ0n) is 9.25. The van der Waals surface area contributed by atoms with Crippen molar-refractivity contribution in [1.29, 1.82) is 0 Å². The highest BCUT2D eigenvalue weighted by atomic mass is 15.3. The van der Waals surface area contributed by atoms with Gasteiger partial charge in [-0.2, -0.15) is 0 Å². The molecule has 2 heteroatoms. The van der Waals surface area contributed by atoms with Gasteiger partial charge in [0.25, 0.3) is 0 Å². The van der Waals surface area contributed by atoms with Gasteiger partial charge in [-0.15, -0.1) is 0 Å². The summed E-state index contributed by atoms with van der Waals surface area (Å²) in [6, 6.07) is 0. The lowest BCUT2D eigenvalue weighted by Gasteiger charge is -2.34. The van der Waals surface area contributed by atoms with Gasteiger partial charge in [0, 0.05) is 6.54 Å². The topological polar surface area (TPSA) is 17.3 Å². The van der Waals surface area contributed by atoms with Crippen LogP contribution < -0.4 is 5.32 Å². The summed E-state index contributed by atoms with van der Waals surface area (Å²) >= 11 is 0. The maximum atomic E-state index is 4.75. The SMILES string of the molecule is C1CCCN(C2CCCC[N]2)CCC1. The molecule has 1 radical (unpaired) electrons. The maximum Gasteiger partial charge on any atom is 0.0760 e. The van der Waals surface area contributed by atoms with E-state index in [0.29, 0.717) is 6.17 Å². The van der Waals surface area contributed by atoms with Crippen molar-refractivity contribution in [3.63, 3.8) is 0 Å². The second kappa shape index (κ2) is 5.72. The van der Waals surface area contributed by atoms with Gasteiger partial charge in [0.1, 0.15) is 0 Å². The Morgan fingerprint density at radius 3 is 2.14 bits per heavy atom. The Kier molecular flexibility index (Phi) is 4.26. The minimum Gasteiger partial charge on any atom is -0.287 e. The molecular weight excluding hydrogens is 172 g/mol. The predicted octanol–water partition coefficient (Wildman–Crippen LogP) is 2.37. The number of hydrogen-bond donors (Lipinski definition) is 0. The molecule has 0 aromatic carbocycles. The average molecular weight is 195 g/mol. The van der Waals surface area contributed by atoms with Gasteiger partial charge in [0.2, 0.25) is 0 Å². The third-order valence-electron chi connectivity index (χ3n) is 3.52. The molecule has 0 aliphatic carbocycles. The molecule has 2 aliphatic heterocycles. The first-order valence-electron chi connectivity index (χ1n) is 6.37. The molecular formula is C12H23N2. The molecule has 81 valence electrons. The Balaban J connectivity index is 1.80. The van der Waals surface area contributed by atoms with Gasteiger partial charge in [0.15, 0.2) is 0 Å². The summed E-state index contributed by atoms with van der Waals surface area (Å²) in [6.07, 6.45) is 11.7. The van der Waals surface area contributed by atoms with Crippen LogP contribution in [0.25, 0.3) is 0 Å². The average Bonchev–Trinajstić information content (AvgIpc) is 2.18. The van der Waals surface area contributed by atoms with Gasteiger partial charge in [-0.3, -0.25) is 4.90 Å². The van der Waals surface area contributed by atoms with E-state index < -0.39 is 0 Å². The van der Waals surface area contributed by atoms with E-state index >= 15 is 0 Å². The molecule has 2 heterocycles. The van der Waals surface area contributed by atoms with Crippen molar-refractivity contribution in [3.05, 3.63) is 0 Å². The minimum atomic E-state index is 0.585. The number of piperidine rings is 1. The Labute approximate surface area is 88.1 Å². The van der Waals surface area contributed by atoms with Crippen LogP contribution in [0, 0.1) is 0 Å². The fourth-order valence-corrected chi connectivity index (χ4v) is 2.64. The molecule has 0 saturated carbocycles. The Morgan fingerprint density at radius 2 is 1.50 bits per heavy atom. The zero-order chi connectivity index (χ0) is 9.64. The van der Waals surface area contributed by atoms with E-state index in [2.05, 4.69) is 4.90 Å². The third kappa shape index (κ3) is 2.96. The van der Waals surface area contributed by atoms with Crippen molar-refractivity contribution >= 4 is 0 Å². The molecule has 0 aromatic rings. The first-order valence-corrected chi connectivity index (χ1v) is 6.37. The summed E-state index contributed by atoms with van der Waals surface area (Å²) in [5, 5.41) is 4.75. The summed E-state index contributed by atoms with van der Waals surface area (Å²) in [5.41, 5.74) is 0. The van der Waals surface area contributed by atoms with Crippen molar-refractivity contribution < 1.29 is 0 Å². The standard InChI is InChI=1S/C12H23N2/c1-2-6-10-14(11-7-3-1)12-8-4-5-9-13-12/h12H,1-11H2. The molecule has 2 rings (SSSR count). The van der Waals surface area contributed by atoms with Crippen LogP contribution in [0.5, 0.6) is 0 Å². The van der Waals surface area contributed by atoms with E-state index in [-0.39, 0.29) is 0 Å². The van der Waals surface area contributed by atoms with Crippen LogP contribution in [0.3, 0.4) is 0 Å². The number of likely N-dealkylation sites (tertiary alicyclic amines) is 1. The van der Waals surface area contributed by atoms with Crippen LogP contribution in [0.15, 0.2) is 0 Å². The largest absolute Gasteiger partial charge is 0.287 e. The first kappa shape index (κ1) is 10.4. The highest BCUT2D eigenvalue weighted by Crippen LogP contribution is 2.17. The number of rotatable bonds is 1. The monoisotopic (exact) mass is 195 g/mol. The van der Waals surface area contributed by atoms with Crippen LogP contribution in [0.4, 0.5) is 0 Å². The Bertz CT molecular complexity index is 144. The van der Waals surface area contributed by atoms with Gasteiger partial charge >= 0.3 is 0 Å². The third-order valence-corrected chi connectivity index (χ3v) is 3.52. The van der Waals surface area contributed by atoms with Gasteiger partial charge in [-0.1, -0.05) is 19.3 Å². The number of nitrogens with zero attached hydrogens (tertiary/aromatic N) is 2. The molecule has 2 fully saturated rings. The maximum absolute atomic E-state index is 4.75. The van der Waals surface area contributed by atoms with Crippen LogP contribution in [0.2, 0.25) is 0 Å². The second-order valence-electron chi connectivity index (χ2n) is 4.69. The summed E-state index contributed by atoms with van der Waals surface area (Å²) in [7, 11) is 0. The van der Waals surface area contributed by atoms with Crippen molar-refractivity contribution in [2.75, 3.05) is 19.6 Å². The molecule has 0 aromatic heterocycles. The highest BCUT2D eigenvalue weighted by Gasteiger charge is 2.21.